The van der Waals surface area contributed by atoms with E-state index in [0.717, 1.165) is 36.1 Å². The number of rotatable bonds is 2. The van der Waals surface area contributed by atoms with Crippen LogP contribution in [-0.2, 0) is 16.8 Å². The van der Waals surface area contributed by atoms with Gasteiger partial charge in [0.25, 0.3) is 0 Å². The van der Waals surface area contributed by atoms with Gasteiger partial charge in [-0.25, -0.2) is 4.79 Å². The molecule has 0 N–H and O–H groups in total. The minimum atomic E-state index is -0.368. The van der Waals surface area contributed by atoms with Gasteiger partial charge in [0.15, 0.2) is 0 Å². The summed E-state index contributed by atoms with van der Waals surface area (Å²) in [6.07, 6.45) is 4.28. The maximum absolute atomic E-state index is 10.5. The number of hydrogen-bond acceptors (Lipinski definition) is 3. The third kappa shape index (κ3) is 1.75. The van der Waals surface area contributed by atoms with Gasteiger partial charge in [-0.2, -0.15) is 4.99 Å². The number of ether oxygens (including phenoxy) is 1. The third-order valence-electron chi connectivity index (χ3n) is 3.64. The van der Waals surface area contributed by atoms with E-state index in [2.05, 4.69) is 11.1 Å². The molecule has 94 valence electrons. The lowest BCUT2D eigenvalue weighted by atomic mass is 9.97. The van der Waals surface area contributed by atoms with Crippen molar-refractivity contribution in [3.63, 3.8) is 0 Å². The van der Waals surface area contributed by atoms with Crippen molar-refractivity contribution in [1.82, 2.24) is 0 Å². The van der Waals surface area contributed by atoms with Crippen molar-refractivity contribution in [2.24, 2.45) is 4.99 Å². The molecule has 0 atom stereocenters. The first-order chi connectivity index (χ1) is 8.46. The summed E-state index contributed by atoms with van der Waals surface area (Å²) in [5.74, 6) is 0.774. The molecule has 0 unspecified atom stereocenters. The molecule has 0 bridgehead atoms. The Hall–Kier alpha value is -1.31. The van der Waals surface area contributed by atoms with E-state index in [9.17, 15) is 4.79 Å². The summed E-state index contributed by atoms with van der Waals surface area (Å²) < 4.78 is 5.83. The number of nitrogens with zero attached hydrogens (tertiary/aromatic N) is 1. The molecule has 3 nitrogen and oxygen atoms in total. The second-order valence-electron chi connectivity index (χ2n) is 5.72. The van der Waals surface area contributed by atoms with Crippen LogP contribution in [0.2, 0.25) is 5.02 Å². The average molecular weight is 264 g/mol. The first kappa shape index (κ1) is 11.8. The van der Waals surface area contributed by atoms with Crippen LogP contribution in [0.5, 0.6) is 5.75 Å². The summed E-state index contributed by atoms with van der Waals surface area (Å²) in [6.45, 7) is 4.08. The molecular weight excluding hydrogens is 250 g/mol. The van der Waals surface area contributed by atoms with Gasteiger partial charge in [-0.15, -0.1) is 0 Å². The zero-order valence-electron chi connectivity index (χ0n) is 10.4. The van der Waals surface area contributed by atoms with Crippen LogP contribution < -0.4 is 4.74 Å². The number of aliphatic imine (C=N–C) groups is 1. The van der Waals surface area contributed by atoms with Crippen LogP contribution in [0.15, 0.2) is 17.1 Å². The van der Waals surface area contributed by atoms with Crippen molar-refractivity contribution < 1.29 is 9.53 Å². The zero-order valence-corrected chi connectivity index (χ0v) is 11.2. The van der Waals surface area contributed by atoms with Crippen molar-refractivity contribution in [2.75, 3.05) is 0 Å². The fourth-order valence-corrected chi connectivity index (χ4v) is 2.88. The van der Waals surface area contributed by atoms with Gasteiger partial charge in [0, 0.05) is 12.0 Å². The highest BCUT2D eigenvalue weighted by Gasteiger charge is 2.46. The Morgan fingerprint density at radius 2 is 2.11 bits per heavy atom. The van der Waals surface area contributed by atoms with Crippen LogP contribution >= 0.6 is 11.6 Å². The summed E-state index contributed by atoms with van der Waals surface area (Å²) in [4.78, 5) is 14.4. The fraction of sp³-hybridized carbons (Fsp3) is 0.500. The Morgan fingerprint density at radius 3 is 2.72 bits per heavy atom. The van der Waals surface area contributed by atoms with Gasteiger partial charge in [-0.05, 0) is 44.4 Å². The lowest BCUT2D eigenvalue weighted by Gasteiger charge is -2.17. The van der Waals surface area contributed by atoms with Crippen molar-refractivity contribution in [3.05, 3.63) is 28.3 Å². The standard InChI is InChI=1S/C14H14ClNO2/c1-13(2)7-9-5-10(6-11(15)12(9)18-13)14(3-4-14)16-8-17/h5-6H,3-4,7H2,1-2H3. The molecule has 1 heterocycles. The first-order valence-electron chi connectivity index (χ1n) is 6.07. The van der Waals surface area contributed by atoms with Crippen molar-refractivity contribution in [2.45, 2.75) is 44.2 Å². The highest BCUT2D eigenvalue weighted by molar-refractivity contribution is 6.32. The van der Waals surface area contributed by atoms with Gasteiger partial charge in [0.05, 0.1) is 10.6 Å². The van der Waals surface area contributed by atoms with Crippen molar-refractivity contribution in [1.29, 1.82) is 0 Å². The molecule has 2 aliphatic rings. The minimum Gasteiger partial charge on any atom is -0.486 e. The van der Waals surface area contributed by atoms with Gasteiger partial charge < -0.3 is 4.74 Å². The smallest absolute Gasteiger partial charge is 0.235 e. The van der Waals surface area contributed by atoms with E-state index in [0.29, 0.717) is 5.02 Å². The number of carbonyl (C=O) groups excluding carboxylic acids is 1. The Morgan fingerprint density at radius 1 is 1.39 bits per heavy atom. The Labute approximate surface area is 111 Å². The van der Waals surface area contributed by atoms with Crippen LogP contribution in [0.1, 0.15) is 37.8 Å². The number of isocyanates is 1. The second kappa shape index (κ2) is 3.59. The SMILES string of the molecule is CC1(C)Cc2cc(C3(N=C=O)CC3)cc(Cl)c2O1. The lowest BCUT2D eigenvalue weighted by molar-refractivity contribution is 0.138. The Bertz CT molecular complexity index is 569. The van der Waals surface area contributed by atoms with E-state index in [1.165, 1.54) is 0 Å². The highest BCUT2D eigenvalue weighted by atomic mass is 35.5. The van der Waals surface area contributed by atoms with Crippen LogP contribution in [0, 0.1) is 0 Å². The maximum atomic E-state index is 10.5. The average Bonchev–Trinajstić information content (AvgIpc) is 2.97. The van der Waals surface area contributed by atoms with Crippen LogP contribution in [0.3, 0.4) is 0 Å². The molecule has 4 heteroatoms. The molecule has 1 aliphatic carbocycles. The molecule has 0 radical (unpaired) electrons. The lowest BCUT2D eigenvalue weighted by Crippen LogP contribution is -2.24. The molecule has 0 spiro atoms. The Balaban J connectivity index is 2.07. The third-order valence-corrected chi connectivity index (χ3v) is 3.92. The van der Waals surface area contributed by atoms with E-state index in [1.807, 2.05) is 19.9 Å². The quantitative estimate of drug-likeness (QED) is 0.606. The summed E-state index contributed by atoms with van der Waals surface area (Å²) in [7, 11) is 0. The van der Waals surface area contributed by atoms with E-state index in [1.54, 1.807) is 6.08 Å². The molecule has 1 fully saturated rings. The molecule has 3 rings (SSSR count). The van der Waals surface area contributed by atoms with Gasteiger partial charge in [0.2, 0.25) is 6.08 Å². The van der Waals surface area contributed by atoms with E-state index in [4.69, 9.17) is 16.3 Å². The maximum Gasteiger partial charge on any atom is 0.235 e. The molecule has 18 heavy (non-hydrogen) atoms. The monoisotopic (exact) mass is 263 g/mol. The summed E-state index contributed by atoms with van der Waals surface area (Å²) in [6, 6.07) is 3.94. The van der Waals surface area contributed by atoms with E-state index >= 15 is 0 Å². The van der Waals surface area contributed by atoms with E-state index in [-0.39, 0.29) is 11.1 Å². The number of fused-ring (bicyclic) bond motifs is 1. The van der Waals surface area contributed by atoms with Crippen LogP contribution in [0.4, 0.5) is 0 Å². The van der Waals surface area contributed by atoms with Crippen molar-refractivity contribution >= 4 is 17.7 Å². The summed E-state index contributed by atoms with van der Waals surface area (Å²) in [5, 5.41) is 0.612. The number of hydrogen-bond donors (Lipinski definition) is 0. The fourth-order valence-electron chi connectivity index (χ4n) is 2.61. The molecule has 0 amide bonds. The predicted octanol–water partition coefficient (Wildman–Crippen LogP) is 3.38. The molecular formula is C14H14ClNO2. The molecule has 0 saturated heterocycles. The normalized spacial score (nSPS) is 21.7. The van der Waals surface area contributed by atoms with Gasteiger partial charge in [-0.1, -0.05) is 11.6 Å². The van der Waals surface area contributed by atoms with Gasteiger partial charge in [0.1, 0.15) is 11.4 Å². The van der Waals surface area contributed by atoms with E-state index < -0.39 is 0 Å². The molecule has 0 aromatic heterocycles. The van der Waals surface area contributed by atoms with Crippen molar-refractivity contribution in [3.8, 4) is 5.75 Å². The van der Waals surface area contributed by atoms with Gasteiger partial charge in [-0.3, -0.25) is 0 Å². The molecule has 1 aromatic carbocycles. The van der Waals surface area contributed by atoms with Crippen LogP contribution in [-0.4, -0.2) is 11.7 Å². The summed E-state index contributed by atoms with van der Waals surface area (Å²) in [5.41, 5.74) is 1.54. The first-order valence-corrected chi connectivity index (χ1v) is 6.45. The minimum absolute atomic E-state index is 0.213. The highest BCUT2D eigenvalue weighted by Crippen LogP contribution is 2.52. The number of halogens is 1. The van der Waals surface area contributed by atoms with Gasteiger partial charge >= 0.3 is 0 Å². The topological polar surface area (TPSA) is 38.7 Å². The predicted molar refractivity (Wildman–Crippen MR) is 68.9 cm³/mol. The molecule has 1 saturated carbocycles. The molecule has 1 aromatic rings. The number of benzene rings is 1. The zero-order chi connectivity index (χ0) is 13.0. The largest absolute Gasteiger partial charge is 0.486 e. The Kier molecular flexibility index (Phi) is 2.35. The van der Waals surface area contributed by atoms with Crippen LogP contribution in [0.25, 0.3) is 0 Å². The summed E-state index contributed by atoms with van der Waals surface area (Å²) >= 11 is 6.27. The second-order valence-corrected chi connectivity index (χ2v) is 6.13. The molecule has 1 aliphatic heterocycles.